The molecule has 6 nitrogen and oxygen atoms in total. The molecule has 0 radical (unpaired) electrons. The molecule has 6 heteroatoms. The van der Waals surface area contributed by atoms with E-state index < -0.39 is 5.97 Å². The average Bonchev–Trinajstić information content (AvgIpc) is 3.03. The molecule has 1 aliphatic rings. The van der Waals surface area contributed by atoms with Crippen molar-refractivity contribution in [3.8, 4) is 17.2 Å². The van der Waals surface area contributed by atoms with Crippen LogP contribution >= 0.6 is 0 Å². The van der Waals surface area contributed by atoms with Crippen LogP contribution in [0.3, 0.4) is 0 Å². The van der Waals surface area contributed by atoms with Gasteiger partial charge in [0.05, 0.1) is 20.3 Å². The van der Waals surface area contributed by atoms with Crippen molar-refractivity contribution < 1.29 is 23.7 Å². The summed E-state index contributed by atoms with van der Waals surface area (Å²) >= 11 is 0. The van der Waals surface area contributed by atoms with Crippen LogP contribution in [0, 0.1) is 0 Å². The largest absolute Gasteiger partial charge is 0.497 e. The Morgan fingerprint density at radius 1 is 0.963 bits per heavy atom. The number of carbonyl (C=O) groups excluding carboxylic acids is 1. The van der Waals surface area contributed by atoms with Crippen LogP contribution in [0.5, 0.6) is 17.2 Å². The normalized spacial score (nSPS) is 14.9. The number of hydrogen-bond acceptors (Lipinski definition) is 6. The Labute approximate surface area is 158 Å². The van der Waals surface area contributed by atoms with Crippen LogP contribution in [-0.2, 0) is 9.53 Å². The Kier molecular flexibility index (Phi) is 5.45. The summed E-state index contributed by atoms with van der Waals surface area (Å²) in [6.45, 7) is 3.93. The van der Waals surface area contributed by atoms with Gasteiger partial charge in [0.25, 0.3) is 0 Å². The maximum Gasteiger partial charge on any atom is 0.363 e. The molecular formula is C21H21NO5. The van der Waals surface area contributed by atoms with Crippen molar-refractivity contribution in [2.45, 2.75) is 20.0 Å². The molecule has 2 aromatic carbocycles. The summed E-state index contributed by atoms with van der Waals surface area (Å²) in [4.78, 5) is 16.5. The van der Waals surface area contributed by atoms with E-state index in [1.807, 2.05) is 38.1 Å². The van der Waals surface area contributed by atoms with E-state index in [1.54, 1.807) is 38.5 Å². The highest BCUT2D eigenvalue weighted by atomic mass is 16.6. The van der Waals surface area contributed by atoms with Crippen LogP contribution in [-0.4, -0.2) is 32.2 Å². The number of esters is 1. The number of cyclic esters (lactones) is 1. The van der Waals surface area contributed by atoms with Crippen molar-refractivity contribution in [2.24, 2.45) is 4.99 Å². The molecule has 0 fully saturated rings. The molecule has 1 heterocycles. The van der Waals surface area contributed by atoms with Crippen LogP contribution in [0.2, 0.25) is 0 Å². The molecular weight excluding hydrogens is 346 g/mol. The van der Waals surface area contributed by atoms with E-state index in [9.17, 15) is 4.79 Å². The van der Waals surface area contributed by atoms with Gasteiger partial charge in [-0.25, -0.2) is 9.79 Å². The van der Waals surface area contributed by atoms with Gasteiger partial charge in [-0.05, 0) is 49.8 Å². The van der Waals surface area contributed by atoms with E-state index in [0.29, 0.717) is 17.1 Å². The third-order valence-electron chi connectivity index (χ3n) is 3.77. The van der Waals surface area contributed by atoms with Crippen molar-refractivity contribution in [3.63, 3.8) is 0 Å². The van der Waals surface area contributed by atoms with E-state index in [2.05, 4.69) is 4.99 Å². The summed E-state index contributed by atoms with van der Waals surface area (Å²) < 4.78 is 21.4. The Bertz CT molecular complexity index is 875. The first-order valence-corrected chi connectivity index (χ1v) is 8.51. The Morgan fingerprint density at radius 2 is 1.59 bits per heavy atom. The summed E-state index contributed by atoms with van der Waals surface area (Å²) in [7, 11) is 3.11. The third kappa shape index (κ3) is 4.47. The highest BCUT2D eigenvalue weighted by molar-refractivity contribution is 6.13. The molecule has 0 atom stereocenters. The van der Waals surface area contributed by atoms with Gasteiger partial charge in [-0.3, -0.25) is 0 Å². The lowest BCUT2D eigenvalue weighted by molar-refractivity contribution is -0.129. The summed E-state index contributed by atoms with van der Waals surface area (Å²) in [5, 5.41) is 0. The first-order valence-electron chi connectivity index (χ1n) is 8.51. The minimum absolute atomic E-state index is 0.103. The zero-order valence-electron chi connectivity index (χ0n) is 15.7. The van der Waals surface area contributed by atoms with Crippen molar-refractivity contribution >= 4 is 17.9 Å². The van der Waals surface area contributed by atoms with Gasteiger partial charge in [-0.2, -0.15) is 0 Å². The lowest BCUT2D eigenvalue weighted by Gasteiger charge is -2.09. The van der Waals surface area contributed by atoms with Crippen LogP contribution in [0.4, 0.5) is 0 Å². The molecule has 0 saturated carbocycles. The monoisotopic (exact) mass is 367 g/mol. The Morgan fingerprint density at radius 3 is 2.15 bits per heavy atom. The first kappa shape index (κ1) is 18.5. The van der Waals surface area contributed by atoms with Crippen LogP contribution in [0.25, 0.3) is 6.08 Å². The molecule has 0 spiro atoms. The second-order valence-electron chi connectivity index (χ2n) is 6.17. The molecule has 3 rings (SSSR count). The maximum absolute atomic E-state index is 12.2. The lowest BCUT2D eigenvalue weighted by Crippen LogP contribution is -2.06. The Balaban J connectivity index is 1.87. The average molecular weight is 367 g/mol. The molecule has 0 saturated heterocycles. The maximum atomic E-state index is 12.2. The zero-order chi connectivity index (χ0) is 19.4. The number of benzene rings is 2. The van der Waals surface area contributed by atoms with Crippen LogP contribution < -0.4 is 14.2 Å². The summed E-state index contributed by atoms with van der Waals surface area (Å²) in [5.41, 5.74) is 1.65. The molecule has 0 amide bonds. The molecule has 0 N–H and O–H groups in total. The highest BCUT2D eigenvalue weighted by Gasteiger charge is 2.25. The molecule has 27 heavy (non-hydrogen) atoms. The second kappa shape index (κ2) is 7.95. The van der Waals surface area contributed by atoms with Crippen LogP contribution in [0.15, 0.2) is 53.2 Å². The Hall–Kier alpha value is -3.28. The molecule has 2 aromatic rings. The minimum atomic E-state index is -0.505. The second-order valence-corrected chi connectivity index (χ2v) is 6.17. The van der Waals surface area contributed by atoms with Gasteiger partial charge < -0.3 is 18.9 Å². The van der Waals surface area contributed by atoms with Crippen LogP contribution in [0.1, 0.15) is 25.0 Å². The number of methoxy groups -OCH3 is 2. The number of nitrogens with zero attached hydrogens (tertiary/aromatic N) is 1. The van der Waals surface area contributed by atoms with Gasteiger partial charge in [-0.1, -0.05) is 12.1 Å². The minimum Gasteiger partial charge on any atom is -0.497 e. The summed E-state index contributed by atoms with van der Waals surface area (Å²) in [6, 6.07) is 12.6. The third-order valence-corrected chi connectivity index (χ3v) is 3.77. The van der Waals surface area contributed by atoms with Gasteiger partial charge >= 0.3 is 5.97 Å². The molecule has 0 bridgehead atoms. The quantitative estimate of drug-likeness (QED) is 0.573. The molecule has 140 valence electrons. The topological polar surface area (TPSA) is 66.3 Å². The van der Waals surface area contributed by atoms with E-state index >= 15 is 0 Å². The van der Waals surface area contributed by atoms with Crippen molar-refractivity contribution in [1.82, 2.24) is 0 Å². The SMILES string of the molecule is COc1cc(OC)cc(C2=N/C(=C/c3ccc(OC(C)C)cc3)C(=O)O2)c1. The molecule has 0 aliphatic carbocycles. The lowest BCUT2D eigenvalue weighted by atomic mass is 10.2. The number of ether oxygens (including phenoxy) is 4. The van der Waals surface area contributed by atoms with Gasteiger partial charge in [0.15, 0.2) is 5.70 Å². The predicted octanol–water partition coefficient (Wildman–Crippen LogP) is 3.84. The standard InChI is InChI=1S/C21H21NO5/c1-13(2)26-16-7-5-14(6-8-16)9-19-21(23)27-20(22-19)15-10-17(24-3)12-18(11-15)25-4/h5-13H,1-4H3/b19-9+. The van der Waals surface area contributed by atoms with Gasteiger partial charge in [0.1, 0.15) is 17.2 Å². The molecule has 1 aliphatic heterocycles. The fourth-order valence-corrected chi connectivity index (χ4v) is 2.54. The predicted molar refractivity (Wildman–Crippen MR) is 102 cm³/mol. The van der Waals surface area contributed by atoms with Gasteiger partial charge in [-0.15, -0.1) is 0 Å². The number of aliphatic imine (C=N–C) groups is 1. The smallest absolute Gasteiger partial charge is 0.363 e. The van der Waals surface area contributed by atoms with E-state index in [4.69, 9.17) is 18.9 Å². The van der Waals surface area contributed by atoms with Crippen molar-refractivity contribution in [3.05, 3.63) is 59.3 Å². The van der Waals surface area contributed by atoms with E-state index in [0.717, 1.165) is 11.3 Å². The molecule has 0 unspecified atom stereocenters. The van der Waals surface area contributed by atoms with Gasteiger partial charge in [0, 0.05) is 11.6 Å². The van der Waals surface area contributed by atoms with Gasteiger partial charge in [0.2, 0.25) is 5.90 Å². The highest BCUT2D eigenvalue weighted by Crippen LogP contribution is 2.26. The molecule has 0 aromatic heterocycles. The number of rotatable bonds is 6. The fourth-order valence-electron chi connectivity index (χ4n) is 2.54. The summed E-state index contributed by atoms with van der Waals surface area (Å²) in [6.07, 6.45) is 1.78. The first-order chi connectivity index (χ1) is 13.0. The van der Waals surface area contributed by atoms with Crippen molar-refractivity contribution in [2.75, 3.05) is 14.2 Å². The summed E-state index contributed by atoms with van der Waals surface area (Å²) in [5.74, 6) is 1.65. The van der Waals surface area contributed by atoms with E-state index in [1.165, 1.54) is 0 Å². The fraction of sp³-hybridized carbons (Fsp3) is 0.238. The number of hydrogen-bond donors (Lipinski definition) is 0. The van der Waals surface area contributed by atoms with E-state index in [-0.39, 0.29) is 17.7 Å². The van der Waals surface area contributed by atoms with Crippen molar-refractivity contribution in [1.29, 1.82) is 0 Å². The number of carbonyl (C=O) groups is 1. The zero-order valence-corrected chi connectivity index (χ0v) is 15.7.